The summed E-state index contributed by atoms with van der Waals surface area (Å²) < 4.78 is 17.0. The molecule has 0 aromatic heterocycles. The van der Waals surface area contributed by atoms with Crippen molar-refractivity contribution in [2.75, 3.05) is 27.3 Å². The topological polar surface area (TPSA) is 48.0 Å². The van der Waals surface area contributed by atoms with Gasteiger partial charge in [0.15, 0.2) is 0 Å². The largest absolute Gasteiger partial charge is 0.493 e. The van der Waals surface area contributed by atoms with E-state index in [1.54, 1.807) is 0 Å². The molecule has 0 spiro atoms. The Morgan fingerprint density at radius 1 is 1.26 bits per heavy atom. The minimum absolute atomic E-state index is 0.00808. The zero-order valence-corrected chi connectivity index (χ0v) is 19.6. The summed E-state index contributed by atoms with van der Waals surface area (Å²) in [5, 5.41) is 0.586. The van der Waals surface area contributed by atoms with E-state index >= 15 is 0 Å². The van der Waals surface area contributed by atoms with E-state index in [4.69, 9.17) is 25.8 Å². The third-order valence-corrected chi connectivity index (χ3v) is 6.02. The smallest absolute Gasteiger partial charge is 0.305 e. The van der Waals surface area contributed by atoms with Crippen molar-refractivity contribution in [3.05, 3.63) is 57.6 Å². The molecule has 2 aromatic rings. The van der Waals surface area contributed by atoms with Gasteiger partial charge in [-0.15, -0.1) is 0 Å². The van der Waals surface area contributed by atoms with E-state index in [0.717, 1.165) is 37.1 Å². The molecule has 0 fully saturated rings. The van der Waals surface area contributed by atoms with E-state index in [2.05, 4.69) is 30.0 Å². The Hall–Kier alpha value is -2.24. The first-order valence-electron chi connectivity index (χ1n) is 10.9. The van der Waals surface area contributed by atoms with Gasteiger partial charge in [-0.1, -0.05) is 29.8 Å². The molecule has 0 saturated carbocycles. The summed E-state index contributed by atoms with van der Waals surface area (Å²) in [6, 6.07) is 10.2. The standard InChI is InChI=1S/C25H32ClNO4/c1-5-30-23-15-24(31-22-12-11-19-17(2)8-6-9-20(19)22)21(26)14-18(23)16-27(3)13-7-10-25(28)29-4/h6,8-9,14-15,22H,5,7,10-13,16H2,1-4H3/t22-/m0/s1. The second kappa shape index (κ2) is 10.9. The van der Waals surface area contributed by atoms with Crippen LogP contribution < -0.4 is 9.47 Å². The van der Waals surface area contributed by atoms with Gasteiger partial charge < -0.3 is 19.1 Å². The van der Waals surface area contributed by atoms with Gasteiger partial charge in [0, 0.05) is 24.6 Å². The average molecular weight is 446 g/mol. The van der Waals surface area contributed by atoms with Crippen LogP contribution in [-0.4, -0.2) is 38.2 Å². The van der Waals surface area contributed by atoms with Crippen LogP contribution in [0.2, 0.25) is 5.02 Å². The molecule has 0 aliphatic heterocycles. The van der Waals surface area contributed by atoms with Crippen LogP contribution in [0, 0.1) is 6.92 Å². The molecule has 0 unspecified atom stereocenters. The molecule has 168 valence electrons. The Labute approximate surface area is 190 Å². The van der Waals surface area contributed by atoms with Crippen molar-refractivity contribution >= 4 is 17.6 Å². The van der Waals surface area contributed by atoms with Crippen LogP contribution in [0.15, 0.2) is 30.3 Å². The van der Waals surface area contributed by atoms with Crippen LogP contribution in [0.4, 0.5) is 0 Å². The Morgan fingerprint density at radius 2 is 2.06 bits per heavy atom. The van der Waals surface area contributed by atoms with Gasteiger partial charge in [-0.05, 0) is 69.5 Å². The number of methoxy groups -OCH3 is 1. The van der Waals surface area contributed by atoms with Gasteiger partial charge in [-0.3, -0.25) is 4.79 Å². The summed E-state index contributed by atoms with van der Waals surface area (Å²) in [5.74, 6) is 1.25. The number of esters is 1. The van der Waals surface area contributed by atoms with Crippen molar-refractivity contribution in [1.82, 2.24) is 4.90 Å². The van der Waals surface area contributed by atoms with Gasteiger partial charge in [0.2, 0.25) is 0 Å². The molecule has 0 heterocycles. The Morgan fingerprint density at radius 3 is 2.81 bits per heavy atom. The molecule has 31 heavy (non-hydrogen) atoms. The number of ether oxygens (including phenoxy) is 3. The molecule has 6 heteroatoms. The fourth-order valence-corrected chi connectivity index (χ4v) is 4.35. The molecule has 2 aromatic carbocycles. The predicted molar refractivity (Wildman–Crippen MR) is 123 cm³/mol. The number of aryl methyl sites for hydroxylation is 1. The Kier molecular flexibility index (Phi) is 8.22. The molecule has 1 atom stereocenters. The monoisotopic (exact) mass is 445 g/mol. The second-order valence-corrected chi connectivity index (χ2v) is 8.44. The van der Waals surface area contributed by atoms with Crippen molar-refractivity contribution in [3.8, 4) is 11.5 Å². The normalized spacial score (nSPS) is 15.1. The van der Waals surface area contributed by atoms with Crippen LogP contribution in [-0.2, 0) is 22.5 Å². The second-order valence-electron chi connectivity index (χ2n) is 8.03. The van der Waals surface area contributed by atoms with E-state index in [1.165, 1.54) is 23.8 Å². The predicted octanol–water partition coefficient (Wildman–Crippen LogP) is 5.50. The minimum Gasteiger partial charge on any atom is -0.493 e. The van der Waals surface area contributed by atoms with E-state index in [1.807, 2.05) is 26.1 Å². The summed E-state index contributed by atoms with van der Waals surface area (Å²) in [6.07, 6.45) is 3.13. The molecule has 5 nitrogen and oxygen atoms in total. The molecule has 0 saturated heterocycles. The van der Waals surface area contributed by atoms with Gasteiger partial charge in [-0.2, -0.15) is 0 Å². The van der Waals surface area contributed by atoms with Crippen molar-refractivity contribution in [2.24, 2.45) is 0 Å². The minimum atomic E-state index is -0.184. The summed E-state index contributed by atoms with van der Waals surface area (Å²) in [4.78, 5) is 13.5. The quantitative estimate of drug-likeness (QED) is 0.452. The number of carbonyl (C=O) groups excluding carboxylic acids is 1. The van der Waals surface area contributed by atoms with Crippen LogP contribution >= 0.6 is 11.6 Å². The zero-order valence-electron chi connectivity index (χ0n) is 18.9. The zero-order chi connectivity index (χ0) is 22.4. The molecule has 1 aliphatic rings. The molecule has 0 N–H and O–H groups in total. The fraction of sp³-hybridized carbons (Fsp3) is 0.480. The average Bonchev–Trinajstić information content (AvgIpc) is 3.15. The molecular weight excluding hydrogens is 414 g/mol. The van der Waals surface area contributed by atoms with E-state index in [9.17, 15) is 4.79 Å². The van der Waals surface area contributed by atoms with Gasteiger partial charge in [0.25, 0.3) is 0 Å². The SMILES string of the molecule is CCOc1cc(O[C@H]2CCc3c(C)cccc32)c(Cl)cc1CN(C)CCCC(=O)OC. The highest BCUT2D eigenvalue weighted by molar-refractivity contribution is 6.32. The lowest BCUT2D eigenvalue weighted by Gasteiger charge is -2.21. The third kappa shape index (κ3) is 5.92. The van der Waals surface area contributed by atoms with Crippen LogP contribution in [0.3, 0.4) is 0 Å². The number of rotatable bonds is 10. The maximum absolute atomic E-state index is 11.3. The van der Waals surface area contributed by atoms with Crippen LogP contribution in [0.1, 0.15) is 54.5 Å². The highest BCUT2D eigenvalue weighted by Crippen LogP contribution is 2.40. The summed E-state index contributed by atoms with van der Waals surface area (Å²) >= 11 is 6.63. The van der Waals surface area contributed by atoms with Crippen LogP contribution in [0.5, 0.6) is 11.5 Å². The van der Waals surface area contributed by atoms with Gasteiger partial charge in [-0.25, -0.2) is 0 Å². The van der Waals surface area contributed by atoms with Crippen LogP contribution in [0.25, 0.3) is 0 Å². The van der Waals surface area contributed by atoms with Crippen molar-refractivity contribution in [2.45, 2.75) is 52.2 Å². The van der Waals surface area contributed by atoms with Gasteiger partial charge in [0.1, 0.15) is 17.6 Å². The summed E-state index contributed by atoms with van der Waals surface area (Å²) in [7, 11) is 3.43. The Bertz CT molecular complexity index is 915. The first-order chi connectivity index (χ1) is 14.9. The first-order valence-corrected chi connectivity index (χ1v) is 11.3. The third-order valence-electron chi connectivity index (χ3n) is 5.72. The van der Waals surface area contributed by atoms with E-state index < -0.39 is 0 Å². The molecule has 1 aliphatic carbocycles. The lowest BCUT2D eigenvalue weighted by atomic mass is 10.0. The summed E-state index contributed by atoms with van der Waals surface area (Å²) in [5.41, 5.74) is 4.96. The maximum atomic E-state index is 11.3. The van der Waals surface area contributed by atoms with E-state index in [0.29, 0.717) is 30.3 Å². The van der Waals surface area contributed by atoms with E-state index in [-0.39, 0.29) is 12.1 Å². The lowest BCUT2D eigenvalue weighted by Crippen LogP contribution is -2.20. The highest BCUT2D eigenvalue weighted by atomic mass is 35.5. The lowest BCUT2D eigenvalue weighted by molar-refractivity contribution is -0.140. The number of hydrogen-bond acceptors (Lipinski definition) is 5. The van der Waals surface area contributed by atoms with Gasteiger partial charge in [0.05, 0.1) is 18.7 Å². The van der Waals surface area contributed by atoms with Crippen molar-refractivity contribution in [3.63, 3.8) is 0 Å². The molecule has 0 bridgehead atoms. The number of halogens is 1. The first kappa shape index (κ1) is 23.4. The maximum Gasteiger partial charge on any atom is 0.305 e. The molecule has 0 radical (unpaired) electrons. The number of benzene rings is 2. The van der Waals surface area contributed by atoms with Crippen molar-refractivity contribution in [1.29, 1.82) is 0 Å². The molecule has 0 amide bonds. The van der Waals surface area contributed by atoms with Crippen molar-refractivity contribution < 1.29 is 19.0 Å². The number of hydrogen-bond donors (Lipinski definition) is 0. The summed E-state index contributed by atoms with van der Waals surface area (Å²) in [6.45, 7) is 6.12. The Balaban J connectivity index is 1.72. The fourth-order valence-electron chi connectivity index (χ4n) is 4.12. The highest BCUT2D eigenvalue weighted by Gasteiger charge is 2.26. The number of carbonyl (C=O) groups is 1. The molecule has 3 rings (SSSR count). The molecular formula is C25H32ClNO4. The number of nitrogens with zero attached hydrogens (tertiary/aromatic N) is 1. The number of fused-ring (bicyclic) bond motifs is 1. The van der Waals surface area contributed by atoms with Gasteiger partial charge >= 0.3 is 5.97 Å².